The van der Waals surface area contributed by atoms with Crippen LogP contribution >= 0.6 is 0 Å². The van der Waals surface area contributed by atoms with E-state index in [4.69, 9.17) is 4.79 Å². The van der Waals surface area contributed by atoms with Gasteiger partial charge in [0.25, 0.3) is 0 Å². The molecular formula is C28H50FNO2. The first-order chi connectivity index (χ1) is 15.2. The molecule has 3 nitrogen and oxygen atoms in total. The minimum Gasteiger partial charge on any atom is -0.323 e. The molecule has 2 aromatic carbocycles. The van der Waals surface area contributed by atoms with E-state index in [1.54, 1.807) is 19.1 Å². The molecule has 0 spiro atoms. The summed E-state index contributed by atoms with van der Waals surface area (Å²) in [6.45, 7) is 19.9. The van der Waals surface area contributed by atoms with Gasteiger partial charge >= 0.3 is 0 Å². The van der Waals surface area contributed by atoms with Crippen molar-refractivity contribution in [1.82, 2.24) is 5.32 Å². The number of ketones is 1. The van der Waals surface area contributed by atoms with Crippen molar-refractivity contribution in [2.75, 3.05) is 14.1 Å². The van der Waals surface area contributed by atoms with Crippen LogP contribution in [0.4, 0.5) is 4.39 Å². The van der Waals surface area contributed by atoms with Gasteiger partial charge in [0.15, 0.2) is 0 Å². The lowest BCUT2D eigenvalue weighted by Crippen LogP contribution is -1.89. The summed E-state index contributed by atoms with van der Waals surface area (Å²) in [5, 5.41) is 2.75. The maximum Gasteiger partial charge on any atom is 0.129 e. The monoisotopic (exact) mass is 451 g/mol. The summed E-state index contributed by atoms with van der Waals surface area (Å²) in [6, 6.07) is 15.1. The predicted molar refractivity (Wildman–Crippen MR) is 142 cm³/mol. The van der Waals surface area contributed by atoms with Gasteiger partial charge < -0.3 is 14.9 Å². The fourth-order valence-corrected chi connectivity index (χ4v) is 1.36. The van der Waals surface area contributed by atoms with E-state index < -0.39 is 0 Å². The van der Waals surface area contributed by atoms with Crippen molar-refractivity contribution in [3.63, 3.8) is 0 Å². The maximum absolute atomic E-state index is 12.1. The second kappa shape index (κ2) is 36.1. The third-order valence-electron chi connectivity index (χ3n) is 3.04. The molecule has 0 aromatic heterocycles. The Morgan fingerprint density at radius 1 is 0.812 bits per heavy atom. The number of carbonyl (C=O) groups is 2. The number of rotatable bonds is 2. The van der Waals surface area contributed by atoms with Crippen LogP contribution in [0.15, 0.2) is 48.5 Å². The molecule has 0 aliphatic rings. The van der Waals surface area contributed by atoms with Crippen molar-refractivity contribution in [3.05, 3.63) is 71.0 Å². The second-order valence-electron chi connectivity index (χ2n) is 6.40. The van der Waals surface area contributed by atoms with E-state index >= 15 is 0 Å². The molecule has 2 rings (SSSR count). The normalized spacial score (nSPS) is 7.62. The molecule has 186 valence electrons. The van der Waals surface area contributed by atoms with Gasteiger partial charge in [-0.1, -0.05) is 95.5 Å². The standard InChI is InChI=1S/C9H12.C7H7F.C4H8O.C3H8.C2H7N.C2H6.CH2O/c1-3-9-6-4-8(2)5-7-9;1-6-2-4-7(8)5-3-6;1-3-4(2)5;2*1-3-2;2*1-2/h4-7H,3H2,1-2H3;2-5H,1H3;3H2,1-2H3;3H2,1-2H3;3H,1-2H3;1-2H3;1H2. The maximum atomic E-state index is 12.1. The molecule has 2 aromatic rings. The third kappa shape index (κ3) is 41.9. The van der Waals surface area contributed by atoms with Crippen LogP contribution in [0.1, 0.15) is 78.0 Å². The van der Waals surface area contributed by atoms with Gasteiger partial charge in [-0.15, -0.1) is 0 Å². The van der Waals surface area contributed by atoms with Crippen molar-refractivity contribution in [1.29, 1.82) is 0 Å². The van der Waals surface area contributed by atoms with Gasteiger partial charge in [-0.2, -0.15) is 0 Å². The second-order valence-corrected chi connectivity index (χ2v) is 6.40. The molecule has 0 unspecified atom stereocenters. The van der Waals surface area contributed by atoms with Crippen molar-refractivity contribution in [3.8, 4) is 0 Å². The number of aryl methyl sites for hydroxylation is 3. The summed E-state index contributed by atoms with van der Waals surface area (Å²) in [7, 11) is 3.75. The van der Waals surface area contributed by atoms with Gasteiger partial charge in [-0.25, -0.2) is 4.39 Å². The van der Waals surface area contributed by atoms with Gasteiger partial charge in [0.1, 0.15) is 18.4 Å². The number of hydrogen-bond donors (Lipinski definition) is 1. The Hall–Kier alpha value is -2.33. The zero-order valence-electron chi connectivity index (χ0n) is 22.6. The predicted octanol–water partition coefficient (Wildman–Crippen LogP) is 7.77. The minimum atomic E-state index is -0.171. The molecule has 0 bridgehead atoms. The molecule has 4 heteroatoms. The van der Waals surface area contributed by atoms with Gasteiger partial charge in [0.2, 0.25) is 0 Å². The molecule has 32 heavy (non-hydrogen) atoms. The summed E-state index contributed by atoms with van der Waals surface area (Å²) in [5.41, 5.74) is 3.85. The van der Waals surface area contributed by atoms with Crippen LogP contribution in [0.3, 0.4) is 0 Å². The van der Waals surface area contributed by atoms with Gasteiger partial charge in [0.05, 0.1) is 0 Å². The van der Waals surface area contributed by atoms with E-state index in [9.17, 15) is 9.18 Å². The molecular weight excluding hydrogens is 401 g/mol. The largest absolute Gasteiger partial charge is 0.323 e. The highest BCUT2D eigenvalue weighted by molar-refractivity contribution is 5.74. The van der Waals surface area contributed by atoms with E-state index in [2.05, 4.69) is 57.3 Å². The average molecular weight is 452 g/mol. The summed E-state index contributed by atoms with van der Waals surface area (Å²) < 4.78 is 12.1. The smallest absolute Gasteiger partial charge is 0.129 e. The molecule has 0 fully saturated rings. The number of Topliss-reactive ketones (excluding diaryl/α,β-unsaturated/α-hetero) is 1. The number of carbonyl (C=O) groups excluding carboxylic acids is 2. The van der Waals surface area contributed by atoms with Crippen molar-refractivity contribution in [2.45, 2.75) is 81.6 Å². The first kappa shape index (κ1) is 40.1. The third-order valence-corrected chi connectivity index (χ3v) is 3.04. The van der Waals surface area contributed by atoms with Crippen LogP contribution in [-0.2, 0) is 16.0 Å². The van der Waals surface area contributed by atoms with Crippen LogP contribution < -0.4 is 5.32 Å². The Morgan fingerprint density at radius 3 is 1.25 bits per heavy atom. The Kier molecular flexibility index (Phi) is 45.2. The summed E-state index contributed by atoms with van der Waals surface area (Å²) >= 11 is 0. The van der Waals surface area contributed by atoms with E-state index in [1.165, 1.54) is 29.7 Å². The lowest BCUT2D eigenvalue weighted by molar-refractivity contribution is -0.116. The molecule has 0 atom stereocenters. The molecule has 0 heterocycles. The van der Waals surface area contributed by atoms with E-state index in [0.29, 0.717) is 6.42 Å². The molecule has 0 amide bonds. The average Bonchev–Trinajstić information content (AvgIpc) is 2.81. The minimum absolute atomic E-state index is 0.171. The fraction of sp³-hybridized carbons (Fsp3) is 0.500. The van der Waals surface area contributed by atoms with Crippen LogP contribution in [0, 0.1) is 19.7 Å². The Balaban J connectivity index is -0.0000000970. The van der Waals surface area contributed by atoms with Crippen molar-refractivity contribution < 1.29 is 14.0 Å². The zero-order valence-corrected chi connectivity index (χ0v) is 22.6. The molecule has 0 aliphatic carbocycles. The van der Waals surface area contributed by atoms with Crippen LogP contribution in [0.2, 0.25) is 0 Å². The highest BCUT2D eigenvalue weighted by atomic mass is 19.1. The number of benzene rings is 2. The van der Waals surface area contributed by atoms with Gasteiger partial charge in [-0.3, -0.25) is 0 Å². The Labute approximate surface area is 198 Å². The highest BCUT2D eigenvalue weighted by Crippen LogP contribution is 2.02. The van der Waals surface area contributed by atoms with E-state index in [1.807, 2.05) is 48.6 Å². The van der Waals surface area contributed by atoms with E-state index in [-0.39, 0.29) is 11.6 Å². The molecule has 0 aliphatic heterocycles. The quantitative estimate of drug-likeness (QED) is 0.507. The number of hydrogen-bond acceptors (Lipinski definition) is 3. The lowest BCUT2D eigenvalue weighted by Gasteiger charge is -1.94. The van der Waals surface area contributed by atoms with Gasteiger partial charge in [0, 0.05) is 6.42 Å². The highest BCUT2D eigenvalue weighted by Gasteiger charge is 1.85. The molecule has 1 N–H and O–H groups in total. The van der Waals surface area contributed by atoms with Crippen LogP contribution in [0.25, 0.3) is 0 Å². The van der Waals surface area contributed by atoms with Gasteiger partial charge in [-0.05, 0) is 59.0 Å². The molecule has 0 saturated heterocycles. The lowest BCUT2D eigenvalue weighted by atomic mass is 10.1. The van der Waals surface area contributed by atoms with Crippen LogP contribution in [0.5, 0.6) is 0 Å². The Morgan fingerprint density at radius 2 is 1.06 bits per heavy atom. The number of nitrogens with one attached hydrogen (secondary N) is 1. The van der Waals surface area contributed by atoms with E-state index in [0.717, 1.165) is 12.0 Å². The SMILES string of the molecule is C=O.CC.CCC.CCC(C)=O.CCc1ccc(C)cc1.CNC.Cc1ccc(F)cc1. The first-order valence-electron chi connectivity index (χ1n) is 11.4. The topological polar surface area (TPSA) is 46.2 Å². The zero-order chi connectivity index (χ0) is 26.4. The molecule has 0 saturated carbocycles. The summed E-state index contributed by atoms with van der Waals surface area (Å²) in [6.07, 6.45) is 3.06. The summed E-state index contributed by atoms with van der Waals surface area (Å²) in [5.74, 6) is 0.0839. The van der Waals surface area contributed by atoms with Crippen molar-refractivity contribution in [2.24, 2.45) is 0 Å². The fourth-order valence-electron chi connectivity index (χ4n) is 1.36. The summed E-state index contributed by atoms with van der Waals surface area (Å²) in [4.78, 5) is 17.8. The Bertz CT molecular complexity index is 558. The van der Waals surface area contributed by atoms with Crippen molar-refractivity contribution >= 4 is 12.6 Å². The number of halogens is 1. The molecule has 0 radical (unpaired) electrons. The van der Waals surface area contributed by atoms with Crippen LogP contribution in [-0.4, -0.2) is 26.7 Å². The first-order valence-corrected chi connectivity index (χ1v) is 11.4.